The fourth-order valence-corrected chi connectivity index (χ4v) is 1.12. The van der Waals surface area contributed by atoms with Gasteiger partial charge in [-0.05, 0) is 19.8 Å². The Morgan fingerprint density at radius 3 is 2.31 bits per heavy atom. The fraction of sp³-hybridized carbons (Fsp3) is 0.917. The second-order valence-corrected chi connectivity index (χ2v) is 3.98. The van der Waals surface area contributed by atoms with Crippen molar-refractivity contribution in [1.82, 2.24) is 0 Å². The number of unbranched alkanes of at least 4 members (excludes halogenated alkanes) is 2. The van der Waals surface area contributed by atoms with E-state index in [9.17, 15) is 4.79 Å². The normalized spacial score (nSPS) is 14.5. The highest BCUT2D eigenvalue weighted by atomic mass is 16.5. The van der Waals surface area contributed by atoms with Crippen LogP contribution in [-0.4, -0.2) is 31.3 Å². The predicted octanol–water partition coefficient (Wildman–Crippen LogP) is 1.86. The third kappa shape index (κ3) is 6.80. The molecule has 0 rings (SSSR count). The van der Waals surface area contributed by atoms with E-state index in [0.29, 0.717) is 13.2 Å². The SMILES string of the molecule is CCCCOC(=O)[C@@H](N)C(C)OCCCC. The molecule has 0 radical (unpaired) electrons. The fourth-order valence-electron chi connectivity index (χ4n) is 1.12. The van der Waals surface area contributed by atoms with Crippen LogP contribution in [0.2, 0.25) is 0 Å². The summed E-state index contributed by atoms with van der Waals surface area (Å²) in [4.78, 5) is 11.5. The summed E-state index contributed by atoms with van der Waals surface area (Å²) < 4.78 is 10.5. The molecule has 0 saturated carbocycles. The zero-order chi connectivity index (χ0) is 12.4. The molecule has 0 aromatic rings. The van der Waals surface area contributed by atoms with Gasteiger partial charge in [0.25, 0.3) is 0 Å². The lowest BCUT2D eigenvalue weighted by Gasteiger charge is -2.19. The lowest BCUT2D eigenvalue weighted by atomic mass is 10.2. The molecule has 0 fully saturated rings. The number of ether oxygens (including phenoxy) is 2. The highest BCUT2D eigenvalue weighted by Crippen LogP contribution is 2.01. The summed E-state index contributed by atoms with van der Waals surface area (Å²) in [6.07, 6.45) is 3.67. The molecule has 0 aliphatic rings. The minimum Gasteiger partial charge on any atom is -0.464 e. The summed E-state index contributed by atoms with van der Waals surface area (Å²) in [7, 11) is 0. The van der Waals surface area contributed by atoms with E-state index in [2.05, 4.69) is 6.92 Å². The van der Waals surface area contributed by atoms with E-state index >= 15 is 0 Å². The third-order valence-corrected chi connectivity index (χ3v) is 2.40. The first-order valence-corrected chi connectivity index (χ1v) is 6.17. The summed E-state index contributed by atoms with van der Waals surface area (Å²) in [5, 5.41) is 0. The molecule has 4 nitrogen and oxygen atoms in total. The van der Waals surface area contributed by atoms with Crippen LogP contribution in [0.25, 0.3) is 0 Å². The molecule has 0 bridgehead atoms. The summed E-state index contributed by atoms with van der Waals surface area (Å²) in [5.74, 6) is -0.363. The number of carbonyl (C=O) groups is 1. The maximum absolute atomic E-state index is 11.5. The van der Waals surface area contributed by atoms with Gasteiger partial charge in [0.15, 0.2) is 0 Å². The Labute approximate surface area is 98.5 Å². The molecule has 1 unspecified atom stereocenters. The van der Waals surface area contributed by atoms with Gasteiger partial charge in [-0.1, -0.05) is 26.7 Å². The first kappa shape index (κ1) is 15.4. The molecule has 0 aliphatic heterocycles. The van der Waals surface area contributed by atoms with E-state index in [4.69, 9.17) is 15.2 Å². The summed E-state index contributed by atoms with van der Waals surface area (Å²) in [6.45, 7) is 7.04. The molecule has 0 aliphatic carbocycles. The first-order valence-electron chi connectivity index (χ1n) is 6.17. The van der Waals surface area contributed by atoms with Gasteiger partial charge in [-0.15, -0.1) is 0 Å². The average molecular weight is 231 g/mol. The first-order chi connectivity index (χ1) is 7.63. The van der Waals surface area contributed by atoms with E-state index in [1.807, 2.05) is 6.92 Å². The standard InChI is InChI=1S/C12H25NO3/c1-4-6-8-15-10(3)11(13)12(14)16-9-7-5-2/h10-11H,4-9,13H2,1-3H3/t10?,11-/m0/s1. The van der Waals surface area contributed by atoms with Crippen molar-refractivity contribution in [2.24, 2.45) is 5.73 Å². The Morgan fingerprint density at radius 2 is 1.75 bits per heavy atom. The van der Waals surface area contributed by atoms with Gasteiger partial charge in [-0.3, -0.25) is 4.79 Å². The predicted molar refractivity (Wildman–Crippen MR) is 64.2 cm³/mol. The zero-order valence-electron chi connectivity index (χ0n) is 10.7. The largest absolute Gasteiger partial charge is 0.464 e. The van der Waals surface area contributed by atoms with E-state index in [-0.39, 0.29) is 12.1 Å². The van der Waals surface area contributed by atoms with Crippen LogP contribution in [0.4, 0.5) is 0 Å². The summed E-state index contributed by atoms with van der Waals surface area (Å²) in [5.41, 5.74) is 5.73. The molecule has 4 heteroatoms. The molecular formula is C12H25NO3. The minimum atomic E-state index is -0.672. The van der Waals surface area contributed by atoms with Gasteiger partial charge in [0.05, 0.1) is 12.7 Å². The number of hydrogen-bond donors (Lipinski definition) is 1. The number of hydrogen-bond acceptors (Lipinski definition) is 4. The lowest BCUT2D eigenvalue weighted by Crippen LogP contribution is -2.43. The third-order valence-electron chi connectivity index (χ3n) is 2.40. The van der Waals surface area contributed by atoms with Crippen LogP contribution in [0.1, 0.15) is 46.5 Å². The van der Waals surface area contributed by atoms with Crippen LogP contribution in [0.3, 0.4) is 0 Å². The number of esters is 1. The van der Waals surface area contributed by atoms with Crippen molar-refractivity contribution in [3.05, 3.63) is 0 Å². The molecule has 2 atom stereocenters. The Bertz CT molecular complexity index is 185. The molecule has 2 N–H and O–H groups in total. The van der Waals surface area contributed by atoms with Crippen LogP contribution in [-0.2, 0) is 14.3 Å². The molecular weight excluding hydrogens is 206 g/mol. The van der Waals surface area contributed by atoms with Gasteiger partial charge in [-0.2, -0.15) is 0 Å². The van der Waals surface area contributed by atoms with Gasteiger partial charge in [-0.25, -0.2) is 0 Å². The van der Waals surface area contributed by atoms with E-state index in [1.165, 1.54) is 0 Å². The van der Waals surface area contributed by atoms with Gasteiger partial charge in [0.2, 0.25) is 0 Å². The minimum absolute atomic E-state index is 0.277. The van der Waals surface area contributed by atoms with Crippen LogP contribution in [0, 0.1) is 0 Å². The Balaban J connectivity index is 3.73. The van der Waals surface area contributed by atoms with Crippen LogP contribution < -0.4 is 5.73 Å². The van der Waals surface area contributed by atoms with Crippen molar-refractivity contribution in [2.75, 3.05) is 13.2 Å². The number of carbonyl (C=O) groups excluding carboxylic acids is 1. The average Bonchev–Trinajstić information content (AvgIpc) is 2.28. The molecule has 16 heavy (non-hydrogen) atoms. The van der Waals surface area contributed by atoms with Crippen molar-refractivity contribution in [1.29, 1.82) is 0 Å². The van der Waals surface area contributed by atoms with Crippen LogP contribution in [0.5, 0.6) is 0 Å². The summed E-state index contributed by atoms with van der Waals surface area (Å²) in [6, 6.07) is -0.672. The van der Waals surface area contributed by atoms with E-state index in [0.717, 1.165) is 25.7 Å². The monoisotopic (exact) mass is 231 g/mol. The second kappa shape index (κ2) is 9.60. The maximum atomic E-state index is 11.5. The van der Waals surface area contributed by atoms with E-state index in [1.54, 1.807) is 6.92 Å². The van der Waals surface area contributed by atoms with Gasteiger partial charge < -0.3 is 15.2 Å². The Kier molecular flexibility index (Phi) is 9.24. The van der Waals surface area contributed by atoms with Gasteiger partial charge >= 0.3 is 5.97 Å². The molecule has 0 aromatic heterocycles. The lowest BCUT2D eigenvalue weighted by molar-refractivity contribution is -0.148. The molecule has 0 amide bonds. The number of rotatable bonds is 9. The molecule has 96 valence electrons. The zero-order valence-corrected chi connectivity index (χ0v) is 10.7. The Morgan fingerprint density at radius 1 is 1.19 bits per heavy atom. The molecule has 0 aromatic carbocycles. The topological polar surface area (TPSA) is 61.5 Å². The smallest absolute Gasteiger partial charge is 0.325 e. The second-order valence-electron chi connectivity index (χ2n) is 3.98. The van der Waals surface area contributed by atoms with Gasteiger partial charge in [0.1, 0.15) is 6.04 Å². The van der Waals surface area contributed by atoms with Crippen LogP contribution >= 0.6 is 0 Å². The highest BCUT2D eigenvalue weighted by molar-refractivity contribution is 5.76. The Hall–Kier alpha value is -0.610. The molecule has 0 saturated heterocycles. The summed E-state index contributed by atoms with van der Waals surface area (Å²) >= 11 is 0. The molecule has 0 spiro atoms. The van der Waals surface area contributed by atoms with Crippen molar-refractivity contribution in [3.8, 4) is 0 Å². The van der Waals surface area contributed by atoms with E-state index < -0.39 is 6.04 Å². The van der Waals surface area contributed by atoms with Crippen LogP contribution in [0.15, 0.2) is 0 Å². The van der Waals surface area contributed by atoms with Gasteiger partial charge in [0, 0.05) is 6.61 Å². The number of nitrogens with two attached hydrogens (primary N) is 1. The van der Waals surface area contributed by atoms with Crippen molar-refractivity contribution in [2.45, 2.75) is 58.6 Å². The maximum Gasteiger partial charge on any atom is 0.325 e. The molecule has 0 heterocycles. The van der Waals surface area contributed by atoms with Crippen molar-refractivity contribution >= 4 is 5.97 Å². The van der Waals surface area contributed by atoms with Crippen molar-refractivity contribution in [3.63, 3.8) is 0 Å². The van der Waals surface area contributed by atoms with Crippen molar-refractivity contribution < 1.29 is 14.3 Å². The highest BCUT2D eigenvalue weighted by Gasteiger charge is 2.22. The quantitative estimate of drug-likeness (QED) is 0.486.